The van der Waals surface area contributed by atoms with Crippen molar-refractivity contribution in [3.63, 3.8) is 0 Å². The van der Waals surface area contributed by atoms with Crippen molar-refractivity contribution in [1.29, 1.82) is 0 Å². The highest BCUT2D eigenvalue weighted by Crippen LogP contribution is 2.49. The molecule has 0 unspecified atom stereocenters. The summed E-state index contributed by atoms with van der Waals surface area (Å²) in [6.45, 7) is 0. The summed E-state index contributed by atoms with van der Waals surface area (Å²) in [5.74, 6) is 0. The zero-order valence-electron chi connectivity index (χ0n) is 21.5. The molecule has 2 heterocycles. The summed E-state index contributed by atoms with van der Waals surface area (Å²) in [4.78, 5) is 0. The van der Waals surface area contributed by atoms with Gasteiger partial charge in [-0.1, -0.05) is 103 Å². The van der Waals surface area contributed by atoms with E-state index in [9.17, 15) is 0 Å². The fourth-order valence-electron chi connectivity index (χ4n) is 6.69. The number of thiophene rings is 1. The maximum absolute atomic E-state index is 5.74. The summed E-state index contributed by atoms with van der Waals surface area (Å²) < 4.78 is 8.33. The second-order valence-electron chi connectivity index (χ2n) is 10.4. The third-order valence-corrected chi connectivity index (χ3v) is 9.56. The summed E-state index contributed by atoms with van der Waals surface area (Å²) in [7, 11) is 0. The highest BCUT2D eigenvalue weighted by atomic mass is 32.1. The molecule has 7 aromatic carbocycles. The topological polar surface area (TPSA) is 13.1 Å². The van der Waals surface area contributed by atoms with Gasteiger partial charge in [0.05, 0.1) is 6.26 Å². The highest BCUT2D eigenvalue weighted by Gasteiger charge is 2.20. The van der Waals surface area contributed by atoms with Gasteiger partial charge < -0.3 is 4.42 Å². The second kappa shape index (κ2) is 8.29. The Balaban J connectivity index is 1.47. The van der Waals surface area contributed by atoms with Crippen LogP contribution in [0, 0.1) is 0 Å². The Bertz CT molecular complexity index is 2380. The summed E-state index contributed by atoms with van der Waals surface area (Å²) in [5.41, 5.74) is 6.10. The van der Waals surface area contributed by atoms with Crippen LogP contribution in [0.3, 0.4) is 0 Å². The lowest BCUT2D eigenvalue weighted by Gasteiger charge is -2.19. The summed E-state index contributed by atoms with van der Waals surface area (Å²) >= 11 is 1.86. The van der Waals surface area contributed by atoms with E-state index in [0.29, 0.717) is 0 Å². The van der Waals surface area contributed by atoms with E-state index in [0.717, 1.165) is 5.58 Å². The lowest BCUT2D eigenvalue weighted by atomic mass is 9.84. The van der Waals surface area contributed by atoms with Gasteiger partial charge in [-0.3, -0.25) is 0 Å². The van der Waals surface area contributed by atoms with Gasteiger partial charge in [-0.25, -0.2) is 0 Å². The Morgan fingerprint density at radius 2 is 1.02 bits per heavy atom. The first-order chi connectivity index (χ1) is 19.9. The van der Waals surface area contributed by atoms with Crippen molar-refractivity contribution < 1.29 is 4.42 Å². The average molecular weight is 527 g/mol. The van der Waals surface area contributed by atoms with Crippen molar-refractivity contribution >= 4 is 74.8 Å². The molecule has 0 N–H and O–H groups in total. The third-order valence-electron chi connectivity index (χ3n) is 8.35. The normalized spacial score (nSPS) is 12.0. The predicted octanol–water partition coefficient (Wildman–Crippen LogP) is 11.6. The van der Waals surface area contributed by atoms with E-state index in [2.05, 4.69) is 127 Å². The minimum absolute atomic E-state index is 0.941. The van der Waals surface area contributed by atoms with Crippen molar-refractivity contribution in [3.05, 3.63) is 134 Å². The Morgan fingerprint density at radius 1 is 0.425 bits per heavy atom. The molecule has 1 nitrogen and oxygen atoms in total. The van der Waals surface area contributed by atoms with E-state index in [1.54, 1.807) is 6.26 Å². The Labute approximate surface area is 234 Å². The van der Waals surface area contributed by atoms with Gasteiger partial charge in [-0.2, -0.15) is 0 Å². The molecule has 0 bridgehead atoms. The molecule has 2 heteroatoms. The van der Waals surface area contributed by atoms with Crippen LogP contribution in [-0.2, 0) is 0 Å². The van der Waals surface area contributed by atoms with Crippen LogP contribution in [0.1, 0.15) is 0 Å². The molecule has 0 spiro atoms. The molecule has 0 fully saturated rings. The van der Waals surface area contributed by atoms with E-state index >= 15 is 0 Å². The molecule has 0 radical (unpaired) electrons. The van der Waals surface area contributed by atoms with Crippen LogP contribution in [0.4, 0.5) is 0 Å². The van der Waals surface area contributed by atoms with Gasteiger partial charge in [0.15, 0.2) is 0 Å². The molecular weight excluding hydrogens is 504 g/mol. The molecule has 0 amide bonds. The summed E-state index contributed by atoms with van der Waals surface area (Å²) in [5, 5.41) is 11.4. The van der Waals surface area contributed by atoms with Crippen molar-refractivity contribution in [1.82, 2.24) is 0 Å². The molecule has 40 heavy (non-hydrogen) atoms. The maximum atomic E-state index is 5.74. The average Bonchev–Trinajstić information content (AvgIpc) is 3.64. The molecule has 0 aliphatic heterocycles. The van der Waals surface area contributed by atoms with E-state index in [-0.39, 0.29) is 0 Å². The molecular formula is C38H22OS. The quantitative estimate of drug-likeness (QED) is 0.204. The third kappa shape index (κ3) is 2.97. The lowest BCUT2D eigenvalue weighted by molar-refractivity contribution is 0.616. The van der Waals surface area contributed by atoms with Crippen molar-refractivity contribution in [2.45, 2.75) is 0 Å². The minimum atomic E-state index is 0.941. The monoisotopic (exact) mass is 526 g/mol. The van der Waals surface area contributed by atoms with Crippen LogP contribution in [0.15, 0.2) is 138 Å². The molecule has 9 aromatic rings. The van der Waals surface area contributed by atoms with Gasteiger partial charge in [0.2, 0.25) is 0 Å². The number of benzene rings is 7. The smallest absolute Gasteiger partial charge is 0.135 e. The largest absolute Gasteiger partial charge is 0.464 e. The number of rotatable bonds is 2. The fraction of sp³-hybridized carbons (Fsp3) is 0. The second-order valence-corrected chi connectivity index (χ2v) is 11.5. The van der Waals surface area contributed by atoms with Gasteiger partial charge in [0, 0.05) is 25.6 Å². The number of hydrogen-bond acceptors (Lipinski definition) is 2. The van der Waals surface area contributed by atoms with Gasteiger partial charge in [-0.05, 0) is 78.8 Å². The molecule has 9 rings (SSSR count). The first kappa shape index (κ1) is 22.0. The number of fused-ring (bicyclic) bond motifs is 8. The minimum Gasteiger partial charge on any atom is -0.464 e. The van der Waals surface area contributed by atoms with Crippen molar-refractivity contribution in [3.8, 4) is 22.3 Å². The molecule has 186 valence electrons. The molecule has 0 aliphatic carbocycles. The summed E-state index contributed by atoms with van der Waals surface area (Å²) in [6.07, 6.45) is 1.79. The van der Waals surface area contributed by atoms with Gasteiger partial charge in [-0.15, -0.1) is 11.3 Å². The van der Waals surface area contributed by atoms with Crippen LogP contribution >= 0.6 is 11.3 Å². The van der Waals surface area contributed by atoms with Crippen molar-refractivity contribution in [2.24, 2.45) is 0 Å². The van der Waals surface area contributed by atoms with Crippen LogP contribution < -0.4 is 0 Å². The number of furan rings is 1. The van der Waals surface area contributed by atoms with Crippen LogP contribution in [0.2, 0.25) is 0 Å². The fourth-order valence-corrected chi connectivity index (χ4v) is 7.94. The lowest BCUT2D eigenvalue weighted by Crippen LogP contribution is -1.92. The summed E-state index contributed by atoms with van der Waals surface area (Å²) in [6, 6.07) is 46.5. The molecule has 2 aromatic heterocycles. The SMILES string of the molecule is c1ccc2c(-c3c4ccccc4c(-c4cccc5sc6c7ccoc7ccc6c45)c4ccccc34)cccc2c1. The first-order valence-electron chi connectivity index (χ1n) is 13.6. The van der Waals surface area contributed by atoms with E-state index in [1.165, 1.54) is 80.1 Å². The molecule has 0 aliphatic rings. The maximum Gasteiger partial charge on any atom is 0.135 e. The number of hydrogen-bond donors (Lipinski definition) is 0. The van der Waals surface area contributed by atoms with Crippen molar-refractivity contribution in [2.75, 3.05) is 0 Å². The standard InChI is InChI=1S/C38H22OS/c1-2-11-24-23(9-1)10-7-16-25(24)35-26-12-3-5-14-28(26)36(29-15-6-4-13-27(29)35)31-17-8-18-34-37(31)32-19-20-33-30(21-22-39-33)38(32)40-34/h1-22H. The van der Waals surface area contributed by atoms with Crippen LogP contribution in [-0.4, -0.2) is 0 Å². The van der Waals surface area contributed by atoms with Gasteiger partial charge in [0.1, 0.15) is 5.58 Å². The predicted molar refractivity (Wildman–Crippen MR) is 172 cm³/mol. The van der Waals surface area contributed by atoms with Gasteiger partial charge >= 0.3 is 0 Å². The molecule has 0 atom stereocenters. The van der Waals surface area contributed by atoms with E-state index in [1.807, 2.05) is 11.3 Å². The Hall–Kier alpha value is -4.92. The molecule has 0 saturated carbocycles. The van der Waals surface area contributed by atoms with E-state index in [4.69, 9.17) is 4.42 Å². The Morgan fingerprint density at radius 3 is 1.77 bits per heavy atom. The Kier molecular flexibility index (Phi) is 4.55. The van der Waals surface area contributed by atoms with Crippen LogP contribution in [0.25, 0.3) is 85.7 Å². The zero-order valence-corrected chi connectivity index (χ0v) is 22.3. The molecule has 0 saturated heterocycles. The van der Waals surface area contributed by atoms with E-state index < -0.39 is 0 Å². The van der Waals surface area contributed by atoms with Crippen LogP contribution in [0.5, 0.6) is 0 Å². The zero-order chi connectivity index (χ0) is 26.2. The van der Waals surface area contributed by atoms with Gasteiger partial charge in [0.25, 0.3) is 0 Å². The highest BCUT2D eigenvalue weighted by molar-refractivity contribution is 7.26. The first-order valence-corrected chi connectivity index (χ1v) is 14.4.